The van der Waals surface area contributed by atoms with Crippen LogP contribution in [0.15, 0.2) is 34.8 Å². The summed E-state index contributed by atoms with van der Waals surface area (Å²) in [4.78, 5) is 3.58. The highest BCUT2D eigenvalue weighted by Crippen LogP contribution is 2.30. The van der Waals surface area contributed by atoms with Crippen molar-refractivity contribution in [1.29, 1.82) is 0 Å². The van der Waals surface area contributed by atoms with Crippen LogP contribution < -0.4 is 5.32 Å². The van der Waals surface area contributed by atoms with Crippen LogP contribution in [0.4, 0.5) is 11.4 Å². The largest absolute Gasteiger partial charge is 0.411 e. The summed E-state index contributed by atoms with van der Waals surface area (Å²) in [6, 6.07) is 8.42. The number of anilines is 2. The fraction of sp³-hybridized carbons (Fsp3) is 0.353. The third-order valence-corrected chi connectivity index (χ3v) is 4.96. The number of fused-ring (bicyclic) bond motifs is 1. The molecule has 1 aliphatic carbocycles. The molecule has 2 N–H and O–H groups in total. The van der Waals surface area contributed by atoms with E-state index in [0.29, 0.717) is 0 Å². The molecule has 3 rings (SSSR count). The van der Waals surface area contributed by atoms with Gasteiger partial charge in [-0.25, -0.2) is 0 Å². The van der Waals surface area contributed by atoms with Gasteiger partial charge in [0.25, 0.3) is 0 Å². The lowest BCUT2D eigenvalue weighted by Gasteiger charge is -2.12. The van der Waals surface area contributed by atoms with Crippen LogP contribution >= 0.6 is 11.3 Å². The van der Waals surface area contributed by atoms with Crippen molar-refractivity contribution in [3.05, 3.63) is 45.6 Å². The summed E-state index contributed by atoms with van der Waals surface area (Å²) >= 11 is 1.80. The van der Waals surface area contributed by atoms with Gasteiger partial charge in [0.05, 0.1) is 11.4 Å². The van der Waals surface area contributed by atoms with Gasteiger partial charge in [-0.15, -0.1) is 11.3 Å². The second-order valence-corrected chi connectivity index (χ2v) is 6.86. The van der Waals surface area contributed by atoms with Crippen molar-refractivity contribution in [2.24, 2.45) is 5.16 Å². The van der Waals surface area contributed by atoms with Gasteiger partial charge >= 0.3 is 0 Å². The smallest absolute Gasteiger partial charge is 0.0873 e. The number of benzene rings is 1. The predicted molar refractivity (Wildman–Crippen MR) is 92.9 cm³/mol. The summed E-state index contributed by atoms with van der Waals surface area (Å²) in [6.45, 7) is 1.05. The number of thiophene rings is 1. The first-order valence-corrected chi connectivity index (χ1v) is 8.37. The van der Waals surface area contributed by atoms with Gasteiger partial charge in [0.1, 0.15) is 0 Å². The van der Waals surface area contributed by atoms with E-state index >= 15 is 0 Å². The Hall–Kier alpha value is -1.85. The number of rotatable bonds is 5. The third-order valence-electron chi connectivity index (χ3n) is 3.98. The van der Waals surface area contributed by atoms with E-state index in [1.165, 1.54) is 16.1 Å². The van der Waals surface area contributed by atoms with Crippen molar-refractivity contribution in [3.63, 3.8) is 0 Å². The molecule has 0 atom stereocenters. The molecule has 0 spiro atoms. The van der Waals surface area contributed by atoms with Crippen molar-refractivity contribution < 1.29 is 5.21 Å². The Balaban J connectivity index is 1.76. The predicted octanol–water partition coefficient (Wildman–Crippen LogP) is 3.72. The van der Waals surface area contributed by atoms with Crippen LogP contribution in [-0.4, -0.2) is 36.5 Å². The van der Waals surface area contributed by atoms with E-state index in [1.54, 1.807) is 11.3 Å². The third kappa shape index (κ3) is 3.15. The SMILES string of the molecule is CN(C)CCc1sccc1Nc1ccc2c(c1)CCC2=NO. The van der Waals surface area contributed by atoms with Crippen molar-refractivity contribution in [1.82, 2.24) is 4.90 Å². The fourth-order valence-corrected chi connectivity index (χ4v) is 3.60. The maximum absolute atomic E-state index is 9.00. The Bertz CT molecular complexity index is 691. The van der Waals surface area contributed by atoms with E-state index in [-0.39, 0.29) is 0 Å². The summed E-state index contributed by atoms with van der Waals surface area (Å²) in [5, 5.41) is 18.0. The van der Waals surface area contributed by atoms with E-state index in [0.717, 1.165) is 42.8 Å². The minimum absolute atomic E-state index is 0.795. The van der Waals surface area contributed by atoms with E-state index in [1.807, 2.05) is 6.07 Å². The van der Waals surface area contributed by atoms with E-state index in [9.17, 15) is 0 Å². The maximum Gasteiger partial charge on any atom is 0.0873 e. The molecule has 1 aromatic carbocycles. The molecule has 0 bridgehead atoms. The van der Waals surface area contributed by atoms with Gasteiger partial charge in [-0.05, 0) is 62.5 Å². The lowest BCUT2D eigenvalue weighted by Crippen LogP contribution is -2.14. The second kappa shape index (κ2) is 6.50. The molecule has 1 aliphatic rings. The van der Waals surface area contributed by atoms with Crippen molar-refractivity contribution in [2.75, 3.05) is 26.0 Å². The standard InChI is InChI=1S/C17H21N3OS/c1-20(2)9-7-17-16(8-10-22-17)18-13-4-5-14-12(11-13)3-6-15(14)19-21/h4-5,8,10-11,18,21H,3,6-7,9H2,1-2H3. The van der Waals surface area contributed by atoms with Gasteiger partial charge in [0.2, 0.25) is 0 Å². The van der Waals surface area contributed by atoms with Crippen LogP contribution in [0.5, 0.6) is 0 Å². The maximum atomic E-state index is 9.00. The molecule has 116 valence electrons. The zero-order valence-corrected chi connectivity index (χ0v) is 13.8. The number of oxime groups is 1. The lowest BCUT2D eigenvalue weighted by molar-refractivity contribution is 0.318. The normalized spacial score (nSPS) is 15.5. The Morgan fingerprint density at radius 3 is 2.91 bits per heavy atom. The summed E-state index contributed by atoms with van der Waals surface area (Å²) in [7, 11) is 4.20. The number of likely N-dealkylation sites (N-methyl/N-ethyl adjacent to an activating group) is 1. The topological polar surface area (TPSA) is 47.9 Å². The van der Waals surface area contributed by atoms with Crippen molar-refractivity contribution in [3.8, 4) is 0 Å². The monoisotopic (exact) mass is 315 g/mol. The highest BCUT2D eigenvalue weighted by atomic mass is 32.1. The van der Waals surface area contributed by atoms with Crippen LogP contribution in [0.3, 0.4) is 0 Å². The number of nitrogens with one attached hydrogen (secondary N) is 1. The highest BCUT2D eigenvalue weighted by Gasteiger charge is 2.18. The van der Waals surface area contributed by atoms with Crippen molar-refractivity contribution in [2.45, 2.75) is 19.3 Å². The molecule has 0 saturated heterocycles. The van der Waals surface area contributed by atoms with E-state index < -0.39 is 0 Å². The zero-order chi connectivity index (χ0) is 15.5. The first-order valence-electron chi connectivity index (χ1n) is 7.49. The summed E-state index contributed by atoms with van der Waals surface area (Å²) in [5.74, 6) is 0. The molecule has 22 heavy (non-hydrogen) atoms. The molecular formula is C17H21N3OS. The number of nitrogens with zero attached hydrogens (tertiary/aromatic N) is 2. The molecule has 4 nitrogen and oxygen atoms in total. The summed E-state index contributed by atoms with van der Waals surface area (Å²) in [6.07, 6.45) is 2.82. The molecule has 0 fully saturated rings. The molecule has 0 aliphatic heterocycles. The average molecular weight is 315 g/mol. The summed E-state index contributed by atoms with van der Waals surface area (Å²) in [5.41, 5.74) is 5.42. The van der Waals surface area contributed by atoms with Gasteiger partial charge in [0, 0.05) is 22.7 Å². The minimum Gasteiger partial charge on any atom is -0.411 e. The molecule has 2 aromatic rings. The van der Waals surface area contributed by atoms with Crippen LogP contribution in [0.25, 0.3) is 0 Å². The van der Waals surface area contributed by atoms with E-state index in [2.05, 4.69) is 53.0 Å². The van der Waals surface area contributed by atoms with Crippen LogP contribution in [0.2, 0.25) is 0 Å². The summed E-state index contributed by atoms with van der Waals surface area (Å²) < 4.78 is 0. The number of hydrogen-bond donors (Lipinski definition) is 2. The first kappa shape index (κ1) is 15.1. The molecule has 0 amide bonds. The minimum atomic E-state index is 0.795. The van der Waals surface area contributed by atoms with Gasteiger partial charge in [-0.2, -0.15) is 0 Å². The quantitative estimate of drug-likeness (QED) is 0.653. The molecule has 1 heterocycles. The van der Waals surface area contributed by atoms with Gasteiger partial charge in [-0.1, -0.05) is 11.2 Å². The average Bonchev–Trinajstić information content (AvgIpc) is 3.11. The zero-order valence-electron chi connectivity index (χ0n) is 13.0. The highest BCUT2D eigenvalue weighted by molar-refractivity contribution is 7.10. The van der Waals surface area contributed by atoms with Gasteiger partial charge in [-0.3, -0.25) is 0 Å². The Labute approximate surface area is 135 Å². The van der Waals surface area contributed by atoms with E-state index in [4.69, 9.17) is 5.21 Å². The van der Waals surface area contributed by atoms with Gasteiger partial charge in [0.15, 0.2) is 0 Å². The van der Waals surface area contributed by atoms with Crippen LogP contribution in [0.1, 0.15) is 22.4 Å². The molecule has 0 unspecified atom stereocenters. The Morgan fingerprint density at radius 2 is 2.14 bits per heavy atom. The number of hydrogen-bond acceptors (Lipinski definition) is 5. The molecule has 1 aromatic heterocycles. The lowest BCUT2D eigenvalue weighted by atomic mass is 10.1. The molecule has 5 heteroatoms. The van der Waals surface area contributed by atoms with Crippen LogP contribution in [0, 0.1) is 0 Å². The molecule has 0 saturated carbocycles. The van der Waals surface area contributed by atoms with Gasteiger partial charge < -0.3 is 15.4 Å². The first-order chi connectivity index (χ1) is 10.7. The second-order valence-electron chi connectivity index (χ2n) is 5.85. The molecular weight excluding hydrogens is 294 g/mol. The Morgan fingerprint density at radius 1 is 1.27 bits per heavy atom. The van der Waals surface area contributed by atoms with Crippen LogP contribution in [-0.2, 0) is 12.8 Å². The van der Waals surface area contributed by atoms with Crippen molar-refractivity contribution >= 4 is 28.4 Å². The number of aryl methyl sites for hydroxylation is 1. The Kier molecular flexibility index (Phi) is 4.45. The molecule has 0 radical (unpaired) electrons. The fourth-order valence-electron chi connectivity index (χ4n) is 2.78.